The monoisotopic (exact) mass is 407 g/mol. The Morgan fingerprint density at radius 2 is 2.10 bits per heavy atom. The highest BCUT2D eigenvalue weighted by Crippen LogP contribution is 2.37. The van der Waals surface area contributed by atoms with E-state index < -0.39 is 11.4 Å². The lowest BCUT2D eigenvalue weighted by Gasteiger charge is -2.38. The molecule has 1 aromatic rings. The molecule has 1 N–H and O–H groups in total. The Labute approximate surface area is 135 Å². The molecule has 0 aliphatic carbocycles. The number of carboxylic acid groups (broad SMARTS) is 1. The molecule has 0 radical (unpaired) electrons. The van der Waals surface area contributed by atoms with Crippen molar-refractivity contribution in [3.63, 3.8) is 0 Å². The first-order valence-electron chi connectivity index (χ1n) is 6.86. The van der Waals surface area contributed by atoms with Crippen LogP contribution < -0.4 is 0 Å². The van der Waals surface area contributed by atoms with Gasteiger partial charge in [0.05, 0.1) is 16.4 Å². The second-order valence-electron chi connectivity index (χ2n) is 5.45. The fraction of sp³-hybridized carbons (Fsp3) is 0.643. The summed E-state index contributed by atoms with van der Waals surface area (Å²) < 4.78 is 7.19. The number of aliphatic carboxylic acids is 1. The van der Waals surface area contributed by atoms with Gasteiger partial charge in [-0.2, -0.15) is 0 Å². The van der Waals surface area contributed by atoms with Gasteiger partial charge in [0.2, 0.25) is 0 Å². The van der Waals surface area contributed by atoms with Crippen molar-refractivity contribution >= 4 is 37.8 Å². The third kappa shape index (κ3) is 3.46. The number of likely N-dealkylation sites (tertiary alicyclic amines) is 1. The molecule has 0 aromatic carbocycles. The van der Waals surface area contributed by atoms with Crippen LogP contribution in [-0.2, 0) is 11.3 Å². The lowest BCUT2D eigenvalue weighted by atomic mass is 9.75. The van der Waals surface area contributed by atoms with Crippen molar-refractivity contribution in [2.45, 2.75) is 39.2 Å². The smallest absolute Gasteiger partial charge is 0.309 e. The molecule has 20 heavy (non-hydrogen) atoms. The van der Waals surface area contributed by atoms with Gasteiger partial charge in [-0.1, -0.05) is 13.3 Å². The maximum atomic E-state index is 11.5. The van der Waals surface area contributed by atoms with Crippen molar-refractivity contribution in [3.05, 3.63) is 21.0 Å². The van der Waals surface area contributed by atoms with E-state index in [0.717, 1.165) is 55.6 Å². The van der Waals surface area contributed by atoms with Crippen molar-refractivity contribution < 1.29 is 14.3 Å². The summed E-state index contributed by atoms with van der Waals surface area (Å²) in [6.07, 6.45) is 3.14. The van der Waals surface area contributed by atoms with E-state index in [0.29, 0.717) is 4.67 Å². The van der Waals surface area contributed by atoms with Crippen LogP contribution in [0.4, 0.5) is 0 Å². The number of piperidine rings is 1. The van der Waals surface area contributed by atoms with Crippen molar-refractivity contribution in [3.8, 4) is 0 Å². The Kier molecular flexibility index (Phi) is 5.31. The Balaban J connectivity index is 1.95. The van der Waals surface area contributed by atoms with Gasteiger partial charge in [-0.3, -0.25) is 9.69 Å². The first-order chi connectivity index (χ1) is 9.47. The molecule has 1 aliphatic rings. The van der Waals surface area contributed by atoms with Crippen LogP contribution in [0.5, 0.6) is 0 Å². The summed E-state index contributed by atoms with van der Waals surface area (Å²) in [5.74, 6) is 0.254. The Morgan fingerprint density at radius 3 is 2.55 bits per heavy atom. The Hall–Kier alpha value is -0.330. The molecule has 2 heterocycles. The van der Waals surface area contributed by atoms with Crippen LogP contribution in [0.15, 0.2) is 19.6 Å². The second-order valence-corrected chi connectivity index (χ2v) is 7.02. The molecular formula is C14H19Br2NO3. The molecule has 1 aromatic heterocycles. The average Bonchev–Trinajstić information content (AvgIpc) is 2.71. The standard InChI is InChI=1S/C14H19Br2NO3/c1-2-3-14(13(18)19)4-6-17(7-5-14)9-10-8-11(15)12(16)20-10/h8H,2-7,9H2,1H3,(H,18,19). The SMILES string of the molecule is CCCC1(C(=O)O)CCN(Cc2cc(Br)c(Br)o2)CC1. The van der Waals surface area contributed by atoms with Crippen LogP contribution in [0.25, 0.3) is 0 Å². The second kappa shape index (κ2) is 6.62. The highest BCUT2D eigenvalue weighted by Gasteiger charge is 2.40. The van der Waals surface area contributed by atoms with Gasteiger partial charge in [0.15, 0.2) is 4.67 Å². The molecule has 0 saturated carbocycles. The maximum absolute atomic E-state index is 11.5. The molecule has 0 unspecified atom stereocenters. The lowest BCUT2D eigenvalue weighted by molar-refractivity contribution is -0.152. The summed E-state index contributed by atoms with van der Waals surface area (Å²) in [5, 5.41) is 9.49. The topological polar surface area (TPSA) is 53.7 Å². The molecule has 4 nitrogen and oxygen atoms in total. The number of hydrogen-bond donors (Lipinski definition) is 1. The Bertz CT molecular complexity index is 459. The summed E-state index contributed by atoms with van der Waals surface area (Å²) in [5.41, 5.74) is -0.518. The third-order valence-electron chi connectivity index (χ3n) is 4.07. The molecule has 1 fully saturated rings. The van der Waals surface area contributed by atoms with E-state index in [4.69, 9.17) is 4.42 Å². The highest BCUT2D eigenvalue weighted by atomic mass is 79.9. The summed E-state index contributed by atoms with van der Waals surface area (Å²) in [6.45, 7) is 4.39. The summed E-state index contributed by atoms with van der Waals surface area (Å²) in [4.78, 5) is 13.8. The first kappa shape index (κ1) is 16.0. The van der Waals surface area contributed by atoms with E-state index in [1.807, 2.05) is 6.07 Å². The minimum atomic E-state index is -0.637. The number of halogens is 2. The quantitative estimate of drug-likeness (QED) is 0.790. The van der Waals surface area contributed by atoms with Gasteiger partial charge in [0.25, 0.3) is 0 Å². The average molecular weight is 409 g/mol. The predicted molar refractivity (Wildman–Crippen MR) is 83.6 cm³/mol. The van der Waals surface area contributed by atoms with Crippen molar-refractivity contribution in [2.24, 2.45) is 5.41 Å². The first-order valence-corrected chi connectivity index (χ1v) is 8.45. The van der Waals surface area contributed by atoms with Crippen LogP contribution in [-0.4, -0.2) is 29.1 Å². The number of carboxylic acids is 1. The minimum Gasteiger partial charge on any atom is -0.481 e. The summed E-state index contributed by atoms with van der Waals surface area (Å²) in [7, 11) is 0. The van der Waals surface area contributed by atoms with E-state index in [1.54, 1.807) is 0 Å². The lowest BCUT2D eigenvalue weighted by Crippen LogP contribution is -2.44. The molecular weight excluding hydrogens is 390 g/mol. The fourth-order valence-electron chi connectivity index (χ4n) is 2.88. The summed E-state index contributed by atoms with van der Waals surface area (Å²) >= 11 is 6.73. The number of furan rings is 1. The van der Waals surface area contributed by atoms with E-state index >= 15 is 0 Å². The van der Waals surface area contributed by atoms with E-state index in [9.17, 15) is 9.90 Å². The minimum absolute atomic E-state index is 0.518. The number of carbonyl (C=O) groups is 1. The fourth-order valence-corrected chi connectivity index (χ4v) is 3.54. The van der Waals surface area contributed by atoms with Gasteiger partial charge in [-0.25, -0.2) is 0 Å². The van der Waals surface area contributed by atoms with Crippen LogP contribution >= 0.6 is 31.9 Å². The van der Waals surface area contributed by atoms with Crippen LogP contribution in [0.1, 0.15) is 38.4 Å². The molecule has 1 aliphatic heterocycles. The van der Waals surface area contributed by atoms with E-state index in [-0.39, 0.29) is 0 Å². The maximum Gasteiger partial charge on any atom is 0.309 e. The van der Waals surface area contributed by atoms with Crippen LogP contribution in [0, 0.1) is 5.41 Å². The Morgan fingerprint density at radius 1 is 1.45 bits per heavy atom. The van der Waals surface area contributed by atoms with E-state index in [2.05, 4.69) is 43.7 Å². The molecule has 6 heteroatoms. The van der Waals surface area contributed by atoms with Crippen molar-refractivity contribution in [1.29, 1.82) is 0 Å². The molecule has 0 bridgehead atoms. The largest absolute Gasteiger partial charge is 0.481 e. The van der Waals surface area contributed by atoms with Gasteiger partial charge in [-0.15, -0.1) is 0 Å². The summed E-state index contributed by atoms with van der Waals surface area (Å²) in [6, 6.07) is 1.95. The van der Waals surface area contributed by atoms with Gasteiger partial charge in [0, 0.05) is 0 Å². The number of hydrogen-bond acceptors (Lipinski definition) is 3. The number of rotatable bonds is 5. The van der Waals surface area contributed by atoms with Crippen LogP contribution in [0.2, 0.25) is 0 Å². The van der Waals surface area contributed by atoms with E-state index in [1.165, 1.54) is 0 Å². The molecule has 112 valence electrons. The van der Waals surface area contributed by atoms with Crippen molar-refractivity contribution in [1.82, 2.24) is 4.90 Å². The van der Waals surface area contributed by atoms with Gasteiger partial charge in [0.1, 0.15) is 5.76 Å². The molecule has 1 saturated heterocycles. The highest BCUT2D eigenvalue weighted by molar-refractivity contribution is 9.13. The molecule has 0 atom stereocenters. The van der Waals surface area contributed by atoms with Crippen LogP contribution in [0.3, 0.4) is 0 Å². The van der Waals surface area contributed by atoms with Gasteiger partial charge in [-0.05, 0) is 70.3 Å². The zero-order valence-electron chi connectivity index (χ0n) is 11.5. The zero-order valence-corrected chi connectivity index (χ0v) is 14.7. The molecule has 0 spiro atoms. The number of nitrogens with zero attached hydrogens (tertiary/aromatic N) is 1. The van der Waals surface area contributed by atoms with Gasteiger partial charge < -0.3 is 9.52 Å². The molecule has 0 amide bonds. The predicted octanol–water partition coefficient (Wildman–Crippen LogP) is 4.27. The molecule has 2 rings (SSSR count). The zero-order chi connectivity index (χ0) is 14.8. The third-order valence-corrected chi connectivity index (χ3v) is 5.78. The van der Waals surface area contributed by atoms with Gasteiger partial charge >= 0.3 is 5.97 Å². The van der Waals surface area contributed by atoms with Crippen molar-refractivity contribution in [2.75, 3.05) is 13.1 Å². The normalized spacial score (nSPS) is 19.1.